The summed E-state index contributed by atoms with van der Waals surface area (Å²) < 4.78 is 2.04. The second-order valence-electron chi connectivity index (χ2n) is 6.94. The summed E-state index contributed by atoms with van der Waals surface area (Å²) in [6.45, 7) is 3.68. The van der Waals surface area contributed by atoms with Crippen molar-refractivity contribution >= 4 is 16.9 Å². The summed E-state index contributed by atoms with van der Waals surface area (Å²) in [5.74, 6) is 1.89. The number of rotatable bonds is 2. The second kappa shape index (κ2) is 5.82. The van der Waals surface area contributed by atoms with Crippen molar-refractivity contribution in [3.8, 4) is 5.82 Å². The fourth-order valence-electron chi connectivity index (χ4n) is 4.09. The van der Waals surface area contributed by atoms with E-state index < -0.39 is 0 Å². The summed E-state index contributed by atoms with van der Waals surface area (Å²) in [5.41, 5.74) is 2.04. The second-order valence-corrected chi connectivity index (χ2v) is 6.94. The van der Waals surface area contributed by atoms with Crippen LogP contribution in [0.15, 0.2) is 48.8 Å². The largest absolute Gasteiger partial charge is 0.392 e. The maximum absolute atomic E-state index is 9.90. The van der Waals surface area contributed by atoms with Crippen LogP contribution in [0, 0.1) is 0 Å². The summed E-state index contributed by atoms with van der Waals surface area (Å²) in [7, 11) is 0. The third kappa shape index (κ3) is 2.58. The van der Waals surface area contributed by atoms with E-state index in [1.807, 2.05) is 35.2 Å². The molecule has 0 spiro atoms. The van der Waals surface area contributed by atoms with E-state index in [2.05, 4.69) is 33.0 Å². The number of pyridine rings is 1. The Labute approximate surface area is 146 Å². The Morgan fingerprint density at radius 1 is 0.960 bits per heavy atom. The van der Waals surface area contributed by atoms with Gasteiger partial charge in [-0.3, -0.25) is 9.47 Å². The minimum absolute atomic E-state index is 0.179. The lowest BCUT2D eigenvalue weighted by Gasteiger charge is -2.38. The van der Waals surface area contributed by atoms with Gasteiger partial charge in [-0.05, 0) is 30.7 Å². The Balaban J connectivity index is 1.45. The number of para-hydroxylation sites is 2. The van der Waals surface area contributed by atoms with Crippen molar-refractivity contribution in [1.82, 2.24) is 19.4 Å². The zero-order chi connectivity index (χ0) is 16.8. The molecule has 0 radical (unpaired) electrons. The first-order valence-corrected chi connectivity index (χ1v) is 8.84. The van der Waals surface area contributed by atoms with Crippen molar-refractivity contribution in [2.75, 3.05) is 31.1 Å². The minimum Gasteiger partial charge on any atom is -0.392 e. The van der Waals surface area contributed by atoms with Gasteiger partial charge in [0, 0.05) is 32.2 Å². The number of imidazole rings is 1. The third-order valence-corrected chi connectivity index (χ3v) is 5.34. The Bertz CT molecular complexity index is 907. The molecule has 1 N–H and O–H groups in total. The van der Waals surface area contributed by atoms with Crippen molar-refractivity contribution < 1.29 is 5.11 Å². The predicted octanol–water partition coefficient (Wildman–Crippen LogP) is 1.68. The van der Waals surface area contributed by atoms with Gasteiger partial charge in [-0.1, -0.05) is 18.2 Å². The van der Waals surface area contributed by atoms with Crippen LogP contribution < -0.4 is 4.90 Å². The molecule has 0 unspecified atom stereocenters. The number of anilines is 1. The van der Waals surface area contributed by atoms with Gasteiger partial charge < -0.3 is 10.0 Å². The lowest BCUT2D eigenvalue weighted by Crippen LogP contribution is -2.50. The van der Waals surface area contributed by atoms with Crippen molar-refractivity contribution in [2.45, 2.75) is 18.6 Å². The Morgan fingerprint density at radius 3 is 2.80 bits per heavy atom. The van der Waals surface area contributed by atoms with Crippen LogP contribution in [0.5, 0.6) is 0 Å². The number of aliphatic hydroxyl groups is 1. The molecule has 128 valence electrons. The molecule has 0 aliphatic carbocycles. The van der Waals surface area contributed by atoms with Gasteiger partial charge in [0.05, 0.1) is 17.1 Å². The number of hydrogen-bond acceptors (Lipinski definition) is 5. The normalized spacial score (nSPS) is 24.0. The molecule has 2 saturated heterocycles. The van der Waals surface area contributed by atoms with Gasteiger partial charge in [0.1, 0.15) is 18.0 Å². The predicted molar refractivity (Wildman–Crippen MR) is 97.1 cm³/mol. The van der Waals surface area contributed by atoms with Crippen LogP contribution in [-0.4, -0.2) is 62.9 Å². The number of benzene rings is 1. The molecule has 1 aromatic carbocycles. The highest BCUT2D eigenvalue weighted by atomic mass is 16.3. The van der Waals surface area contributed by atoms with Crippen molar-refractivity contribution in [3.05, 3.63) is 48.8 Å². The SMILES string of the molecule is O[C@@H]1C[C@H]2CN(c3cccc(-n4cnc5ccccc54)n3)CCN2C1. The summed E-state index contributed by atoms with van der Waals surface area (Å²) in [4.78, 5) is 14.1. The van der Waals surface area contributed by atoms with Crippen LogP contribution >= 0.6 is 0 Å². The van der Waals surface area contributed by atoms with Crippen LogP contribution in [0.1, 0.15) is 6.42 Å². The molecule has 0 amide bonds. The summed E-state index contributed by atoms with van der Waals surface area (Å²) in [6.07, 6.45) is 2.52. The Morgan fingerprint density at radius 2 is 1.84 bits per heavy atom. The van der Waals surface area contributed by atoms with E-state index in [9.17, 15) is 5.11 Å². The van der Waals surface area contributed by atoms with Gasteiger partial charge in [-0.2, -0.15) is 0 Å². The first-order valence-electron chi connectivity index (χ1n) is 8.84. The lowest BCUT2D eigenvalue weighted by atomic mass is 10.1. The van der Waals surface area contributed by atoms with Crippen molar-refractivity contribution in [3.63, 3.8) is 0 Å². The Hall–Kier alpha value is -2.44. The molecule has 4 heterocycles. The fourth-order valence-corrected chi connectivity index (χ4v) is 4.09. The van der Waals surface area contributed by atoms with E-state index in [-0.39, 0.29) is 6.10 Å². The number of hydrogen-bond donors (Lipinski definition) is 1. The highest BCUT2D eigenvalue weighted by molar-refractivity contribution is 5.76. The zero-order valence-electron chi connectivity index (χ0n) is 14.0. The van der Waals surface area contributed by atoms with E-state index >= 15 is 0 Å². The molecule has 2 fully saturated rings. The van der Waals surface area contributed by atoms with Crippen LogP contribution in [-0.2, 0) is 0 Å². The summed E-state index contributed by atoms with van der Waals surface area (Å²) >= 11 is 0. The molecule has 6 nitrogen and oxygen atoms in total. The Kier molecular flexibility index (Phi) is 3.46. The lowest BCUT2D eigenvalue weighted by molar-refractivity contribution is 0.173. The van der Waals surface area contributed by atoms with E-state index in [0.717, 1.165) is 55.3 Å². The fraction of sp³-hybridized carbons (Fsp3) is 0.368. The van der Waals surface area contributed by atoms with Gasteiger partial charge >= 0.3 is 0 Å². The van der Waals surface area contributed by atoms with Gasteiger partial charge in [0.15, 0.2) is 0 Å². The maximum Gasteiger partial charge on any atom is 0.140 e. The monoisotopic (exact) mass is 335 g/mol. The smallest absolute Gasteiger partial charge is 0.140 e. The molecule has 25 heavy (non-hydrogen) atoms. The molecule has 3 aromatic rings. The topological polar surface area (TPSA) is 57.4 Å². The van der Waals surface area contributed by atoms with E-state index in [1.165, 1.54) is 0 Å². The van der Waals surface area contributed by atoms with Crippen molar-refractivity contribution in [2.24, 2.45) is 0 Å². The number of aliphatic hydroxyl groups excluding tert-OH is 1. The van der Waals surface area contributed by atoms with Gasteiger partial charge in [-0.25, -0.2) is 9.97 Å². The highest BCUT2D eigenvalue weighted by Gasteiger charge is 2.35. The quantitative estimate of drug-likeness (QED) is 0.772. The number of aromatic nitrogens is 3. The molecule has 5 rings (SSSR count). The van der Waals surface area contributed by atoms with Crippen LogP contribution in [0.4, 0.5) is 5.82 Å². The molecule has 6 heteroatoms. The zero-order valence-corrected chi connectivity index (χ0v) is 14.0. The van der Waals surface area contributed by atoms with Gasteiger partial charge in [-0.15, -0.1) is 0 Å². The maximum atomic E-state index is 9.90. The van der Waals surface area contributed by atoms with Gasteiger partial charge in [0.25, 0.3) is 0 Å². The van der Waals surface area contributed by atoms with E-state index in [0.29, 0.717) is 6.04 Å². The van der Waals surface area contributed by atoms with E-state index in [4.69, 9.17) is 4.98 Å². The third-order valence-electron chi connectivity index (χ3n) is 5.34. The molecule has 2 aliphatic heterocycles. The molecular formula is C19H21N5O. The standard InChI is InChI=1S/C19H21N5O/c25-15-10-14-11-23(9-8-22(14)12-15)18-6-3-7-19(21-18)24-13-20-16-4-1-2-5-17(16)24/h1-7,13-15,25H,8-12H2/t14-,15+/m0/s1. The molecule has 0 bridgehead atoms. The molecule has 0 saturated carbocycles. The van der Waals surface area contributed by atoms with Crippen LogP contribution in [0.2, 0.25) is 0 Å². The molecule has 2 aromatic heterocycles. The molecule has 2 aliphatic rings. The number of fused-ring (bicyclic) bond motifs is 2. The van der Waals surface area contributed by atoms with Crippen molar-refractivity contribution in [1.29, 1.82) is 0 Å². The molecule has 2 atom stereocenters. The number of nitrogens with zero attached hydrogens (tertiary/aromatic N) is 5. The number of piperazine rings is 1. The van der Waals surface area contributed by atoms with Gasteiger partial charge in [0.2, 0.25) is 0 Å². The average Bonchev–Trinajstić information content (AvgIpc) is 3.23. The summed E-state index contributed by atoms with van der Waals surface area (Å²) in [5, 5.41) is 9.90. The first kappa shape index (κ1) is 14.9. The summed E-state index contributed by atoms with van der Waals surface area (Å²) in [6, 6.07) is 14.7. The van der Waals surface area contributed by atoms with Crippen LogP contribution in [0.25, 0.3) is 16.9 Å². The van der Waals surface area contributed by atoms with Crippen LogP contribution in [0.3, 0.4) is 0 Å². The molecular weight excluding hydrogens is 314 g/mol. The minimum atomic E-state index is -0.179. The first-order chi connectivity index (χ1) is 12.3. The average molecular weight is 335 g/mol. The van der Waals surface area contributed by atoms with E-state index in [1.54, 1.807) is 0 Å². The highest BCUT2D eigenvalue weighted by Crippen LogP contribution is 2.26.